The summed E-state index contributed by atoms with van der Waals surface area (Å²) in [6.07, 6.45) is 5.57. The van der Waals surface area contributed by atoms with Gasteiger partial charge in [0.05, 0.1) is 0 Å². The Kier molecular flexibility index (Phi) is 2.08. The van der Waals surface area contributed by atoms with E-state index < -0.39 is 0 Å². The van der Waals surface area contributed by atoms with Gasteiger partial charge in [-0.05, 0) is 25.7 Å². The Morgan fingerprint density at radius 2 is 1.71 bits per heavy atom. The highest BCUT2D eigenvalue weighted by Crippen LogP contribution is 2.41. The van der Waals surface area contributed by atoms with Crippen molar-refractivity contribution in [2.24, 2.45) is 5.73 Å². The van der Waals surface area contributed by atoms with E-state index in [1.165, 1.54) is 51.9 Å². The quantitative estimate of drug-likeness (QED) is 0.701. The third-order valence-electron chi connectivity index (χ3n) is 4.26. The topological polar surface area (TPSA) is 32.5 Å². The van der Waals surface area contributed by atoms with Crippen LogP contribution in [-0.4, -0.2) is 54.1 Å². The summed E-state index contributed by atoms with van der Waals surface area (Å²) in [6.45, 7) is 5.96. The van der Waals surface area contributed by atoms with Gasteiger partial charge in [-0.2, -0.15) is 0 Å². The second-order valence-electron chi connectivity index (χ2n) is 5.18. The Labute approximate surface area is 86.2 Å². The summed E-state index contributed by atoms with van der Waals surface area (Å²) in [5.74, 6) is 0. The van der Waals surface area contributed by atoms with E-state index in [-0.39, 0.29) is 0 Å². The first-order chi connectivity index (χ1) is 6.84. The number of nitrogens with two attached hydrogens (primary N) is 1. The molecule has 3 fully saturated rings. The molecule has 0 aromatic heterocycles. The van der Waals surface area contributed by atoms with Gasteiger partial charge < -0.3 is 5.73 Å². The molecule has 0 bridgehead atoms. The van der Waals surface area contributed by atoms with Gasteiger partial charge in [-0.1, -0.05) is 0 Å². The summed E-state index contributed by atoms with van der Waals surface area (Å²) >= 11 is 0. The lowest BCUT2D eigenvalue weighted by atomic mass is 10.2. The van der Waals surface area contributed by atoms with Crippen molar-refractivity contribution in [3.63, 3.8) is 0 Å². The van der Waals surface area contributed by atoms with Crippen LogP contribution in [0.1, 0.15) is 25.7 Å². The van der Waals surface area contributed by atoms with Crippen molar-refractivity contribution < 1.29 is 0 Å². The fourth-order valence-corrected chi connectivity index (χ4v) is 2.79. The van der Waals surface area contributed by atoms with E-state index in [2.05, 4.69) is 9.80 Å². The zero-order valence-electron chi connectivity index (χ0n) is 8.91. The molecule has 0 aromatic rings. The van der Waals surface area contributed by atoms with Crippen molar-refractivity contribution in [2.45, 2.75) is 37.3 Å². The van der Waals surface area contributed by atoms with Gasteiger partial charge in [-0.25, -0.2) is 0 Å². The number of nitrogens with zero attached hydrogens (tertiary/aromatic N) is 2. The highest BCUT2D eigenvalue weighted by molar-refractivity contribution is 5.06. The van der Waals surface area contributed by atoms with Crippen molar-refractivity contribution >= 4 is 0 Å². The molecule has 1 heterocycles. The van der Waals surface area contributed by atoms with E-state index >= 15 is 0 Å². The van der Waals surface area contributed by atoms with E-state index in [1.54, 1.807) is 0 Å². The normalized spacial score (nSPS) is 33.2. The lowest BCUT2D eigenvalue weighted by molar-refractivity contribution is 0.0836. The summed E-state index contributed by atoms with van der Waals surface area (Å²) in [4.78, 5) is 5.31. The Bertz CT molecular complexity index is 213. The van der Waals surface area contributed by atoms with Crippen molar-refractivity contribution in [2.75, 3.05) is 32.7 Å². The molecular formula is C11H21N3. The van der Waals surface area contributed by atoms with Crippen LogP contribution in [-0.2, 0) is 0 Å². The smallest absolute Gasteiger partial charge is 0.0334 e. The number of rotatable bonds is 3. The van der Waals surface area contributed by atoms with Crippen molar-refractivity contribution in [1.29, 1.82) is 0 Å². The highest BCUT2D eigenvalue weighted by Gasteiger charge is 2.47. The Balaban J connectivity index is 1.54. The minimum atomic E-state index is 0.440. The van der Waals surface area contributed by atoms with Gasteiger partial charge in [0.25, 0.3) is 0 Å². The van der Waals surface area contributed by atoms with Crippen molar-refractivity contribution in [3.05, 3.63) is 0 Å². The van der Waals surface area contributed by atoms with Gasteiger partial charge in [-0.3, -0.25) is 9.80 Å². The summed E-state index contributed by atoms with van der Waals surface area (Å²) in [5.41, 5.74) is 6.29. The average molecular weight is 195 g/mol. The molecule has 1 aliphatic heterocycles. The number of piperazine rings is 1. The molecule has 14 heavy (non-hydrogen) atoms. The van der Waals surface area contributed by atoms with Gasteiger partial charge in [-0.15, -0.1) is 0 Å². The molecule has 80 valence electrons. The minimum absolute atomic E-state index is 0.440. The van der Waals surface area contributed by atoms with Gasteiger partial charge in [0, 0.05) is 44.3 Å². The Morgan fingerprint density at radius 1 is 1.07 bits per heavy atom. The fourth-order valence-electron chi connectivity index (χ4n) is 2.79. The molecule has 0 radical (unpaired) electrons. The maximum atomic E-state index is 5.85. The standard InChI is InChI=1S/C11H21N3/c12-9-11(3-4-11)14-7-5-13(6-8-14)10-1-2-10/h10H,1-9,12H2. The first-order valence-corrected chi connectivity index (χ1v) is 6.03. The lowest BCUT2D eigenvalue weighted by Crippen LogP contribution is -2.54. The Hall–Kier alpha value is -0.120. The second kappa shape index (κ2) is 3.19. The maximum absolute atomic E-state index is 5.85. The van der Waals surface area contributed by atoms with E-state index in [1.807, 2.05) is 0 Å². The van der Waals surface area contributed by atoms with Gasteiger partial charge in [0.1, 0.15) is 0 Å². The number of hydrogen-bond donors (Lipinski definition) is 1. The molecule has 0 amide bonds. The first kappa shape index (κ1) is 9.13. The van der Waals surface area contributed by atoms with Gasteiger partial charge in [0.15, 0.2) is 0 Å². The van der Waals surface area contributed by atoms with Crippen molar-refractivity contribution in [1.82, 2.24) is 9.80 Å². The molecule has 3 heteroatoms. The van der Waals surface area contributed by atoms with Crippen LogP contribution >= 0.6 is 0 Å². The molecule has 3 rings (SSSR count). The highest BCUT2D eigenvalue weighted by atomic mass is 15.3. The van der Waals surface area contributed by atoms with E-state index in [0.717, 1.165) is 12.6 Å². The third kappa shape index (κ3) is 1.47. The summed E-state index contributed by atoms with van der Waals surface area (Å²) < 4.78 is 0. The summed E-state index contributed by atoms with van der Waals surface area (Å²) in [6, 6.07) is 0.949. The predicted octanol–water partition coefficient (Wildman–Crippen LogP) is 0.258. The fraction of sp³-hybridized carbons (Fsp3) is 1.00. The Morgan fingerprint density at radius 3 is 2.14 bits per heavy atom. The molecule has 0 aromatic carbocycles. The van der Waals surface area contributed by atoms with Crippen LogP contribution in [0.2, 0.25) is 0 Å². The van der Waals surface area contributed by atoms with Crippen LogP contribution < -0.4 is 5.73 Å². The third-order valence-corrected chi connectivity index (χ3v) is 4.26. The average Bonchev–Trinajstić information content (AvgIpc) is 3.12. The van der Waals surface area contributed by atoms with Crippen LogP contribution in [0.4, 0.5) is 0 Å². The molecular weight excluding hydrogens is 174 g/mol. The van der Waals surface area contributed by atoms with Crippen LogP contribution in [0.3, 0.4) is 0 Å². The maximum Gasteiger partial charge on any atom is 0.0334 e. The van der Waals surface area contributed by atoms with Crippen LogP contribution in [0.5, 0.6) is 0 Å². The molecule has 2 aliphatic carbocycles. The summed E-state index contributed by atoms with van der Waals surface area (Å²) in [7, 11) is 0. The second-order valence-corrected chi connectivity index (χ2v) is 5.18. The zero-order chi connectivity index (χ0) is 9.60. The van der Waals surface area contributed by atoms with Crippen LogP contribution in [0.25, 0.3) is 0 Å². The predicted molar refractivity (Wildman–Crippen MR) is 57.2 cm³/mol. The lowest BCUT2D eigenvalue weighted by Gasteiger charge is -2.39. The summed E-state index contributed by atoms with van der Waals surface area (Å²) in [5, 5.41) is 0. The van der Waals surface area contributed by atoms with Crippen molar-refractivity contribution in [3.8, 4) is 0 Å². The monoisotopic (exact) mass is 195 g/mol. The zero-order valence-corrected chi connectivity index (χ0v) is 8.91. The molecule has 3 nitrogen and oxygen atoms in total. The number of hydrogen-bond acceptors (Lipinski definition) is 3. The molecule has 0 spiro atoms. The van der Waals surface area contributed by atoms with Gasteiger partial charge >= 0.3 is 0 Å². The SMILES string of the molecule is NCC1(N2CCN(C3CC3)CC2)CC1. The van der Waals surface area contributed by atoms with E-state index in [0.29, 0.717) is 5.54 Å². The molecule has 2 saturated carbocycles. The van der Waals surface area contributed by atoms with E-state index in [4.69, 9.17) is 5.73 Å². The first-order valence-electron chi connectivity index (χ1n) is 6.03. The largest absolute Gasteiger partial charge is 0.329 e. The molecule has 0 atom stereocenters. The molecule has 2 N–H and O–H groups in total. The van der Waals surface area contributed by atoms with Gasteiger partial charge in [0.2, 0.25) is 0 Å². The van der Waals surface area contributed by atoms with Crippen LogP contribution in [0.15, 0.2) is 0 Å². The van der Waals surface area contributed by atoms with Crippen LogP contribution in [0, 0.1) is 0 Å². The molecule has 0 unspecified atom stereocenters. The molecule has 1 saturated heterocycles. The molecule has 3 aliphatic rings. The minimum Gasteiger partial charge on any atom is -0.329 e. The van der Waals surface area contributed by atoms with E-state index in [9.17, 15) is 0 Å².